The Kier molecular flexibility index (Phi) is 8.24. The normalized spacial score (nSPS) is 21.4. The van der Waals surface area contributed by atoms with Gasteiger partial charge in [-0.05, 0) is 76.7 Å². The highest BCUT2D eigenvalue weighted by atomic mass is 16.4. The van der Waals surface area contributed by atoms with Crippen LogP contribution < -0.4 is 0 Å². The molecule has 39 heavy (non-hydrogen) atoms. The van der Waals surface area contributed by atoms with Gasteiger partial charge in [0.2, 0.25) is 0 Å². The summed E-state index contributed by atoms with van der Waals surface area (Å²) in [6.07, 6.45) is 3.16. The average Bonchev–Trinajstić information content (AvgIpc) is 3.54. The summed E-state index contributed by atoms with van der Waals surface area (Å²) in [4.78, 5) is 16.9. The summed E-state index contributed by atoms with van der Waals surface area (Å²) in [6.45, 7) is 13.7. The fraction of sp³-hybridized carbons (Fsp3) is 0.515. The lowest BCUT2D eigenvalue weighted by atomic mass is 9.86. The SMILES string of the molecule is CCn1nc(Cc2ccccc2)cc1C1CCN(CC2CN(C(C)(C)C(=O)O)CC2c2cccc(C)c2)CC1. The number of likely N-dealkylation sites (tertiary alicyclic amines) is 2. The number of hydrogen-bond acceptors (Lipinski definition) is 4. The maximum absolute atomic E-state index is 12.1. The zero-order valence-electron chi connectivity index (χ0n) is 24.0. The molecule has 0 saturated carbocycles. The lowest BCUT2D eigenvalue weighted by molar-refractivity contribution is -0.148. The first kappa shape index (κ1) is 27.6. The predicted octanol–water partition coefficient (Wildman–Crippen LogP) is 5.56. The van der Waals surface area contributed by atoms with E-state index in [0.29, 0.717) is 17.8 Å². The zero-order valence-corrected chi connectivity index (χ0v) is 24.0. The molecule has 0 radical (unpaired) electrons. The van der Waals surface area contributed by atoms with Crippen LogP contribution in [0.2, 0.25) is 0 Å². The number of piperidine rings is 1. The number of rotatable bonds is 9. The molecule has 1 aromatic heterocycles. The monoisotopic (exact) mass is 528 g/mol. The second-order valence-electron chi connectivity index (χ2n) is 12.2. The van der Waals surface area contributed by atoms with Gasteiger partial charge in [0.1, 0.15) is 5.54 Å². The van der Waals surface area contributed by atoms with Crippen molar-refractivity contribution in [2.45, 2.75) is 70.9 Å². The first-order valence-electron chi connectivity index (χ1n) is 14.6. The van der Waals surface area contributed by atoms with Crippen molar-refractivity contribution in [3.63, 3.8) is 0 Å². The Morgan fingerprint density at radius 3 is 2.44 bits per heavy atom. The molecule has 1 N–H and O–H groups in total. The Morgan fingerprint density at radius 1 is 1.03 bits per heavy atom. The minimum Gasteiger partial charge on any atom is -0.480 e. The molecule has 2 saturated heterocycles. The Balaban J connectivity index is 1.25. The molecule has 208 valence electrons. The summed E-state index contributed by atoms with van der Waals surface area (Å²) in [5.74, 6) is 0.562. The summed E-state index contributed by atoms with van der Waals surface area (Å²) in [6, 6.07) is 21.7. The molecule has 2 aromatic carbocycles. The van der Waals surface area contributed by atoms with Crippen molar-refractivity contribution >= 4 is 5.97 Å². The van der Waals surface area contributed by atoms with Crippen LogP contribution in [0.3, 0.4) is 0 Å². The second kappa shape index (κ2) is 11.6. The van der Waals surface area contributed by atoms with Crippen molar-refractivity contribution < 1.29 is 9.90 Å². The molecule has 3 heterocycles. The molecule has 0 aliphatic carbocycles. The van der Waals surface area contributed by atoms with Crippen LogP contribution >= 0.6 is 0 Å². The third-order valence-corrected chi connectivity index (χ3v) is 9.11. The summed E-state index contributed by atoms with van der Waals surface area (Å²) in [7, 11) is 0. The molecule has 6 heteroatoms. The van der Waals surface area contributed by atoms with Gasteiger partial charge in [0, 0.05) is 50.1 Å². The van der Waals surface area contributed by atoms with Crippen LogP contribution in [0, 0.1) is 12.8 Å². The summed E-state index contributed by atoms with van der Waals surface area (Å²) in [5, 5.41) is 14.9. The van der Waals surface area contributed by atoms with Gasteiger partial charge in [-0.25, -0.2) is 0 Å². The van der Waals surface area contributed by atoms with Gasteiger partial charge in [-0.3, -0.25) is 14.4 Å². The molecular weight excluding hydrogens is 484 g/mol. The number of benzene rings is 2. The Morgan fingerprint density at radius 2 is 1.77 bits per heavy atom. The fourth-order valence-electron chi connectivity index (χ4n) is 6.63. The van der Waals surface area contributed by atoms with Crippen molar-refractivity contribution in [1.29, 1.82) is 0 Å². The number of carbonyl (C=O) groups is 1. The van der Waals surface area contributed by atoms with E-state index in [1.54, 1.807) is 0 Å². The third kappa shape index (κ3) is 6.12. The van der Waals surface area contributed by atoms with E-state index in [-0.39, 0.29) is 0 Å². The van der Waals surface area contributed by atoms with Crippen LogP contribution in [0.5, 0.6) is 0 Å². The second-order valence-corrected chi connectivity index (χ2v) is 12.2. The Hall–Kier alpha value is -2.96. The van der Waals surface area contributed by atoms with Gasteiger partial charge in [0.25, 0.3) is 0 Å². The number of nitrogens with zero attached hydrogens (tertiary/aromatic N) is 4. The molecule has 5 rings (SSSR count). The zero-order chi connectivity index (χ0) is 27.6. The lowest BCUT2D eigenvalue weighted by Crippen LogP contribution is -2.49. The highest BCUT2D eigenvalue weighted by Crippen LogP contribution is 2.38. The smallest absolute Gasteiger partial charge is 0.323 e. The molecule has 2 atom stereocenters. The quantitative estimate of drug-likeness (QED) is 0.394. The first-order chi connectivity index (χ1) is 18.7. The van der Waals surface area contributed by atoms with E-state index in [0.717, 1.165) is 64.2 Å². The third-order valence-electron chi connectivity index (χ3n) is 9.11. The van der Waals surface area contributed by atoms with Gasteiger partial charge < -0.3 is 10.0 Å². The van der Waals surface area contributed by atoms with E-state index in [2.05, 4.69) is 89.0 Å². The highest BCUT2D eigenvalue weighted by molar-refractivity contribution is 5.77. The fourth-order valence-corrected chi connectivity index (χ4v) is 6.63. The molecule has 3 aromatic rings. The standard InChI is InChI=1S/C33H44N4O2/c1-5-37-31(20-29(34-37)19-25-11-7-6-8-12-25)26-14-16-35(17-15-26)21-28-22-36(33(3,4)32(38)39)23-30(28)27-13-9-10-24(2)18-27/h6-13,18,20,26,28,30H,5,14-17,19,21-23H2,1-4H3,(H,38,39). The summed E-state index contributed by atoms with van der Waals surface area (Å²) >= 11 is 0. The van der Waals surface area contributed by atoms with Crippen LogP contribution in [0.15, 0.2) is 60.7 Å². The Labute approximate surface area is 233 Å². The van der Waals surface area contributed by atoms with Gasteiger partial charge in [0.15, 0.2) is 0 Å². The van der Waals surface area contributed by atoms with Crippen LogP contribution in [-0.4, -0.2) is 68.9 Å². The van der Waals surface area contributed by atoms with Crippen LogP contribution in [0.4, 0.5) is 0 Å². The predicted molar refractivity (Wildman–Crippen MR) is 156 cm³/mol. The molecule has 6 nitrogen and oxygen atoms in total. The van der Waals surface area contributed by atoms with Crippen LogP contribution in [0.1, 0.15) is 73.5 Å². The molecule has 2 aliphatic heterocycles. The molecule has 0 amide bonds. The van der Waals surface area contributed by atoms with Gasteiger partial charge in [0.05, 0.1) is 5.69 Å². The van der Waals surface area contributed by atoms with Gasteiger partial charge in [-0.1, -0.05) is 60.2 Å². The summed E-state index contributed by atoms with van der Waals surface area (Å²) in [5.41, 5.74) is 5.60. The van der Waals surface area contributed by atoms with Gasteiger partial charge in [-0.2, -0.15) is 5.10 Å². The molecule has 0 bridgehead atoms. The van der Waals surface area contributed by atoms with Crippen LogP contribution in [-0.2, 0) is 17.8 Å². The number of aryl methyl sites for hydroxylation is 2. The van der Waals surface area contributed by atoms with E-state index in [9.17, 15) is 9.90 Å². The maximum atomic E-state index is 12.1. The largest absolute Gasteiger partial charge is 0.480 e. The molecule has 0 spiro atoms. The number of carboxylic acid groups (broad SMARTS) is 1. The van der Waals surface area contributed by atoms with Crippen molar-refractivity contribution in [3.05, 3.63) is 88.7 Å². The number of aliphatic carboxylic acids is 1. The van der Waals surface area contributed by atoms with E-state index in [1.807, 2.05) is 13.8 Å². The Bertz CT molecular complexity index is 1260. The van der Waals surface area contributed by atoms with Crippen molar-refractivity contribution in [2.24, 2.45) is 5.92 Å². The van der Waals surface area contributed by atoms with E-state index in [1.165, 1.54) is 22.4 Å². The van der Waals surface area contributed by atoms with E-state index < -0.39 is 11.5 Å². The molecule has 2 aliphatic rings. The highest BCUT2D eigenvalue weighted by Gasteiger charge is 2.44. The van der Waals surface area contributed by atoms with Crippen molar-refractivity contribution in [2.75, 3.05) is 32.7 Å². The lowest BCUT2D eigenvalue weighted by Gasteiger charge is -2.35. The van der Waals surface area contributed by atoms with Gasteiger partial charge >= 0.3 is 5.97 Å². The molecular formula is C33H44N4O2. The summed E-state index contributed by atoms with van der Waals surface area (Å²) < 4.78 is 2.22. The number of aromatic nitrogens is 2. The minimum absolute atomic E-state index is 0.350. The number of carboxylic acids is 1. The molecule has 2 fully saturated rings. The van der Waals surface area contributed by atoms with Crippen LogP contribution in [0.25, 0.3) is 0 Å². The first-order valence-corrected chi connectivity index (χ1v) is 14.6. The van der Waals surface area contributed by atoms with E-state index >= 15 is 0 Å². The molecule has 2 unspecified atom stereocenters. The topological polar surface area (TPSA) is 61.6 Å². The average molecular weight is 529 g/mol. The van der Waals surface area contributed by atoms with Crippen molar-refractivity contribution in [1.82, 2.24) is 19.6 Å². The van der Waals surface area contributed by atoms with Crippen molar-refractivity contribution in [3.8, 4) is 0 Å². The number of hydrogen-bond donors (Lipinski definition) is 1. The van der Waals surface area contributed by atoms with Gasteiger partial charge in [-0.15, -0.1) is 0 Å². The van der Waals surface area contributed by atoms with E-state index in [4.69, 9.17) is 5.10 Å². The minimum atomic E-state index is -0.861. The maximum Gasteiger partial charge on any atom is 0.323 e.